The lowest BCUT2D eigenvalue weighted by molar-refractivity contribution is 0.237. The van der Waals surface area contributed by atoms with Gasteiger partial charge in [0.25, 0.3) is 0 Å². The third kappa shape index (κ3) is 5.98. The summed E-state index contributed by atoms with van der Waals surface area (Å²) < 4.78 is 11.3. The summed E-state index contributed by atoms with van der Waals surface area (Å²) in [5.74, 6) is 1.58. The van der Waals surface area contributed by atoms with Crippen LogP contribution in [0.1, 0.15) is 18.1 Å². The summed E-state index contributed by atoms with van der Waals surface area (Å²) in [5.41, 5.74) is 2.11. The zero-order valence-electron chi connectivity index (χ0n) is 14.6. The van der Waals surface area contributed by atoms with Crippen molar-refractivity contribution in [1.82, 2.24) is 10.6 Å². The molecular weight excluding hydrogens is 384 g/mol. The molecule has 0 spiro atoms. The van der Waals surface area contributed by atoms with Gasteiger partial charge in [0.05, 0.1) is 18.7 Å². The summed E-state index contributed by atoms with van der Waals surface area (Å²) in [6.07, 6.45) is 0.735. The molecular formula is C19H23BrN2O3. The fourth-order valence-corrected chi connectivity index (χ4v) is 3.07. The minimum absolute atomic E-state index is 0.00899. The first-order valence-electron chi connectivity index (χ1n) is 8.01. The van der Waals surface area contributed by atoms with Crippen molar-refractivity contribution in [2.24, 2.45) is 0 Å². The minimum atomic E-state index is -0.192. The Bertz CT molecular complexity index is 722. The third-order valence-electron chi connectivity index (χ3n) is 3.72. The predicted octanol–water partition coefficient (Wildman–Crippen LogP) is 3.90. The Hall–Kier alpha value is -2.21. The molecule has 0 bridgehead atoms. The second-order valence-electron chi connectivity index (χ2n) is 5.75. The second kappa shape index (κ2) is 9.32. The van der Waals surface area contributed by atoms with Crippen LogP contribution in [0, 0.1) is 0 Å². The Morgan fingerprint density at radius 2 is 1.92 bits per heavy atom. The number of carbonyl (C=O) groups excluding carboxylic acids is 1. The van der Waals surface area contributed by atoms with Crippen LogP contribution in [-0.2, 0) is 13.0 Å². The molecule has 0 fully saturated rings. The number of methoxy groups -OCH3 is 2. The molecule has 0 aromatic heterocycles. The van der Waals surface area contributed by atoms with E-state index in [4.69, 9.17) is 9.47 Å². The molecule has 25 heavy (non-hydrogen) atoms. The highest BCUT2D eigenvalue weighted by molar-refractivity contribution is 9.10. The summed E-state index contributed by atoms with van der Waals surface area (Å²) in [7, 11) is 3.26. The van der Waals surface area contributed by atoms with Crippen molar-refractivity contribution in [3.8, 4) is 11.5 Å². The average molecular weight is 407 g/mol. The second-order valence-corrected chi connectivity index (χ2v) is 6.61. The van der Waals surface area contributed by atoms with E-state index in [1.54, 1.807) is 14.2 Å². The summed E-state index contributed by atoms with van der Waals surface area (Å²) >= 11 is 3.44. The number of hydrogen-bond acceptors (Lipinski definition) is 3. The van der Waals surface area contributed by atoms with E-state index in [0.717, 1.165) is 33.5 Å². The van der Waals surface area contributed by atoms with Gasteiger partial charge >= 0.3 is 6.03 Å². The topological polar surface area (TPSA) is 59.6 Å². The van der Waals surface area contributed by atoms with Crippen LogP contribution in [0.3, 0.4) is 0 Å². The Morgan fingerprint density at radius 3 is 2.60 bits per heavy atom. The largest absolute Gasteiger partial charge is 0.497 e. The van der Waals surface area contributed by atoms with Crippen molar-refractivity contribution in [3.63, 3.8) is 0 Å². The first-order valence-corrected chi connectivity index (χ1v) is 8.81. The van der Waals surface area contributed by atoms with Gasteiger partial charge < -0.3 is 20.1 Å². The van der Waals surface area contributed by atoms with Gasteiger partial charge in [0.2, 0.25) is 0 Å². The third-order valence-corrected chi connectivity index (χ3v) is 4.34. The molecule has 6 heteroatoms. The van der Waals surface area contributed by atoms with Gasteiger partial charge in [0, 0.05) is 12.6 Å². The van der Waals surface area contributed by atoms with E-state index >= 15 is 0 Å². The summed E-state index contributed by atoms with van der Waals surface area (Å²) in [6, 6.07) is 13.4. The van der Waals surface area contributed by atoms with Gasteiger partial charge in [-0.1, -0.05) is 18.2 Å². The van der Waals surface area contributed by atoms with Crippen LogP contribution < -0.4 is 20.1 Å². The van der Waals surface area contributed by atoms with Crippen molar-refractivity contribution in [2.45, 2.75) is 25.9 Å². The summed E-state index contributed by atoms with van der Waals surface area (Å²) in [6.45, 7) is 2.42. The smallest absolute Gasteiger partial charge is 0.315 e. The lowest BCUT2D eigenvalue weighted by atomic mass is 10.1. The zero-order valence-corrected chi connectivity index (χ0v) is 16.2. The lowest BCUT2D eigenvalue weighted by Gasteiger charge is -2.15. The molecule has 2 aromatic carbocycles. The van der Waals surface area contributed by atoms with Crippen molar-refractivity contribution < 1.29 is 14.3 Å². The van der Waals surface area contributed by atoms with Crippen LogP contribution in [0.15, 0.2) is 46.9 Å². The standard InChI is InChI=1S/C19H23BrN2O3/c1-13(9-14-5-4-6-16(10-14)24-2)22-19(23)21-12-15-7-8-18(25-3)17(20)11-15/h4-8,10-11,13H,9,12H2,1-3H3,(H2,21,22,23). The Morgan fingerprint density at radius 1 is 1.12 bits per heavy atom. The van der Waals surface area contributed by atoms with Crippen LogP contribution >= 0.6 is 15.9 Å². The zero-order chi connectivity index (χ0) is 18.2. The normalized spacial score (nSPS) is 11.5. The predicted molar refractivity (Wildman–Crippen MR) is 102 cm³/mol. The number of carbonyl (C=O) groups is 1. The first-order chi connectivity index (χ1) is 12.0. The van der Waals surface area contributed by atoms with Gasteiger partial charge in [-0.15, -0.1) is 0 Å². The quantitative estimate of drug-likeness (QED) is 0.732. The molecule has 0 aliphatic rings. The van der Waals surface area contributed by atoms with E-state index in [2.05, 4.69) is 26.6 Å². The molecule has 2 amide bonds. The van der Waals surface area contributed by atoms with E-state index in [1.165, 1.54) is 0 Å². The molecule has 0 saturated heterocycles. The average Bonchev–Trinajstić information content (AvgIpc) is 2.60. The number of urea groups is 1. The number of ether oxygens (including phenoxy) is 2. The summed E-state index contributed by atoms with van der Waals surface area (Å²) in [5, 5.41) is 5.81. The SMILES string of the molecule is COc1cccc(CC(C)NC(=O)NCc2ccc(OC)c(Br)c2)c1. The molecule has 0 heterocycles. The maximum absolute atomic E-state index is 12.1. The fourth-order valence-electron chi connectivity index (χ4n) is 2.48. The highest BCUT2D eigenvalue weighted by Gasteiger charge is 2.09. The van der Waals surface area contributed by atoms with Crippen LogP contribution in [0.25, 0.3) is 0 Å². The van der Waals surface area contributed by atoms with Gasteiger partial charge in [-0.2, -0.15) is 0 Å². The Balaban J connectivity index is 1.82. The van der Waals surface area contributed by atoms with Crippen LogP contribution in [0.5, 0.6) is 11.5 Å². The highest BCUT2D eigenvalue weighted by atomic mass is 79.9. The van der Waals surface area contributed by atoms with E-state index in [9.17, 15) is 4.79 Å². The van der Waals surface area contributed by atoms with Gasteiger partial charge in [0.1, 0.15) is 11.5 Å². The van der Waals surface area contributed by atoms with Gasteiger partial charge in [0.15, 0.2) is 0 Å². The molecule has 2 N–H and O–H groups in total. The summed E-state index contributed by atoms with van der Waals surface area (Å²) in [4.78, 5) is 12.1. The van der Waals surface area contributed by atoms with Crippen LogP contribution in [-0.4, -0.2) is 26.3 Å². The molecule has 0 aliphatic heterocycles. The minimum Gasteiger partial charge on any atom is -0.497 e. The lowest BCUT2D eigenvalue weighted by Crippen LogP contribution is -2.41. The van der Waals surface area contributed by atoms with E-state index in [-0.39, 0.29) is 12.1 Å². The van der Waals surface area contributed by atoms with Crippen molar-refractivity contribution in [3.05, 3.63) is 58.1 Å². The van der Waals surface area contributed by atoms with E-state index in [1.807, 2.05) is 49.4 Å². The molecule has 2 aromatic rings. The van der Waals surface area contributed by atoms with E-state index in [0.29, 0.717) is 6.54 Å². The molecule has 0 radical (unpaired) electrons. The van der Waals surface area contributed by atoms with Gasteiger partial charge in [-0.05, 0) is 64.7 Å². The number of hydrogen-bond donors (Lipinski definition) is 2. The molecule has 1 unspecified atom stereocenters. The van der Waals surface area contributed by atoms with Crippen LogP contribution in [0.2, 0.25) is 0 Å². The first kappa shape index (κ1) is 19.1. The number of amides is 2. The van der Waals surface area contributed by atoms with Crippen molar-refractivity contribution in [2.75, 3.05) is 14.2 Å². The van der Waals surface area contributed by atoms with Crippen molar-refractivity contribution in [1.29, 1.82) is 0 Å². The number of nitrogens with one attached hydrogen (secondary N) is 2. The van der Waals surface area contributed by atoms with Crippen molar-refractivity contribution >= 4 is 22.0 Å². The molecule has 134 valence electrons. The number of benzene rings is 2. The maximum atomic E-state index is 12.1. The van der Waals surface area contributed by atoms with Crippen LogP contribution in [0.4, 0.5) is 4.79 Å². The maximum Gasteiger partial charge on any atom is 0.315 e. The van der Waals surface area contributed by atoms with E-state index < -0.39 is 0 Å². The molecule has 0 aliphatic carbocycles. The number of halogens is 1. The highest BCUT2D eigenvalue weighted by Crippen LogP contribution is 2.25. The molecule has 5 nitrogen and oxygen atoms in total. The monoisotopic (exact) mass is 406 g/mol. The Kier molecular flexibility index (Phi) is 7.13. The Labute approximate surface area is 156 Å². The number of rotatable bonds is 7. The fraction of sp³-hybridized carbons (Fsp3) is 0.316. The molecule has 0 saturated carbocycles. The molecule has 2 rings (SSSR count). The van der Waals surface area contributed by atoms with Gasteiger partial charge in [-0.3, -0.25) is 0 Å². The molecule has 1 atom stereocenters. The van der Waals surface area contributed by atoms with Gasteiger partial charge in [-0.25, -0.2) is 4.79 Å².